The van der Waals surface area contributed by atoms with Crippen LogP contribution in [0.3, 0.4) is 0 Å². The molecule has 0 aliphatic carbocycles. The summed E-state index contributed by atoms with van der Waals surface area (Å²) in [5.41, 5.74) is 1.59. The molecule has 1 amide bonds. The molecular formula is C28H26FNO5. The summed E-state index contributed by atoms with van der Waals surface area (Å²) in [6.07, 6.45) is 0. The van der Waals surface area contributed by atoms with Crippen molar-refractivity contribution in [2.45, 2.75) is 26.4 Å². The number of Topliss-reactive ketones (excluding diaryl/α,β-unsaturated/α-hetero) is 1. The SMILES string of the molecule is CCOc1ccc(C2C(=C(O)c3ccc(F)cc3)C(=O)C(=O)N2Cc2ccccc2)cc1OCC. The van der Waals surface area contributed by atoms with Crippen LogP contribution in [0.4, 0.5) is 4.39 Å². The van der Waals surface area contributed by atoms with Gasteiger partial charge in [-0.1, -0.05) is 36.4 Å². The number of likely N-dealkylation sites (tertiary alicyclic amines) is 1. The van der Waals surface area contributed by atoms with Gasteiger partial charge < -0.3 is 19.5 Å². The van der Waals surface area contributed by atoms with Crippen LogP contribution < -0.4 is 9.47 Å². The lowest BCUT2D eigenvalue weighted by Crippen LogP contribution is -2.29. The van der Waals surface area contributed by atoms with Gasteiger partial charge in [0.1, 0.15) is 11.6 Å². The third kappa shape index (κ3) is 4.89. The van der Waals surface area contributed by atoms with E-state index in [1.807, 2.05) is 44.2 Å². The summed E-state index contributed by atoms with van der Waals surface area (Å²) in [5.74, 6) is -1.37. The van der Waals surface area contributed by atoms with Crippen molar-refractivity contribution >= 4 is 17.4 Å². The molecule has 0 bridgehead atoms. The second-order valence-electron chi connectivity index (χ2n) is 7.99. The second kappa shape index (κ2) is 10.4. The zero-order valence-corrected chi connectivity index (χ0v) is 19.5. The fourth-order valence-corrected chi connectivity index (χ4v) is 4.17. The van der Waals surface area contributed by atoms with Crippen LogP contribution in [-0.2, 0) is 16.1 Å². The summed E-state index contributed by atoms with van der Waals surface area (Å²) in [6, 6.07) is 18.7. The Kier molecular flexibility index (Phi) is 7.15. The average molecular weight is 476 g/mol. The van der Waals surface area contributed by atoms with Crippen LogP contribution in [0.2, 0.25) is 0 Å². The van der Waals surface area contributed by atoms with Gasteiger partial charge in [0.25, 0.3) is 11.7 Å². The number of carbonyl (C=O) groups excluding carboxylic acids is 2. The number of halogens is 1. The molecule has 35 heavy (non-hydrogen) atoms. The van der Waals surface area contributed by atoms with Crippen molar-refractivity contribution in [3.63, 3.8) is 0 Å². The Labute approximate surface area is 203 Å². The maximum absolute atomic E-state index is 13.5. The van der Waals surface area contributed by atoms with Crippen LogP contribution in [0.15, 0.2) is 78.4 Å². The first kappa shape index (κ1) is 24.0. The summed E-state index contributed by atoms with van der Waals surface area (Å²) in [6.45, 7) is 4.70. The Balaban J connectivity index is 1.88. The molecule has 0 radical (unpaired) electrons. The summed E-state index contributed by atoms with van der Waals surface area (Å²) in [4.78, 5) is 27.8. The third-order valence-electron chi connectivity index (χ3n) is 5.74. The van der Waals surface area contributed by atoms with E-state index in [-0.39, 0.29) is 23.4 Å². The fraction of sp³-hybridized carbons (Fsp3) is 0.214. The molecule has 1 atom stereocenters. The summed E-state index contributed by atoms with van der Waals surface area (Å²) in [5, 5.41) is 11.1. The topological polar surface area (TPSA) is 76.1 Å². The summed E-state index contributed by atoms with van der Waals surface area (Å²) in [7, 11) is 0. The van der Waals surface area contributed by atoms with Gasteiger partial charge in [-0.25, -0.2) is 4.39 Å². The van der Waals surface area contributed by atoms with Gasteiger partial charge in [0.15, 0.2) is 11.5 Å². The van der Waals surface area contributed by atoms with E-state index in [9.17, 15) is 19.1 Å². The number of amides is 1. The first-order chi connectivity index (χ1) is 16.9. The Morgan fingerprint density at radius 2 is 1.57 bits per heavy atom. The van der Waals surface area contributed by atoms with Crippen LogP contribution in [0, 0.1) is 5.82 Å². The highest BCUT2D eigenvalue weighted by atomic mass is 19.1. The molecule has 1 unspecified atom stereocenters. The molecule has 1 fully saturated rings. The van der Waals surface area contributed by atoms with Gasteiger partial charge in [0.05, 0.1) is 24.8 Å². The Hall–Kier alpha value is -4.13. The molecular weight excluding hydrogens is 449 g/mol. The zero-order chi connectivity index (χ0) is 24.9. The fourth-order valence-electron chi connectivity index (χ4n) is 4.17. The summed E-state index contributed by atoms with van der Waals surface area (Å²) < 4.78 is 24.9. The quantitative estimate of drug-likeness (QED) is 0.274. The first-order valence-corrected chi connectivity index (χ1v) is 11.4. The van der Waals surface area contributed by atoms with E-state index in [1.54, 1.807) is 18.2 Å². The van der Waals surface area contributed by atoms with Gasteiger partial charge in [-0.05, 0) is 61.4 Å². The highest BCUT2D eigenvalue weighted by Gasteiger charge is 2.46. The van der Waals surface area contributed by atoms with E-state index in [0.717, 1.165) is 5.56 Å². The number of nitrogens with zero attached hydrogens (tertiary/aromatic N) is 1. The predicted octanol–water partition coefficient (Wildman–Crippen LogP) is 5.25. The lowest BCUT2D eigenvalue weighted by molar-refractivity contribution is -0.140. The number of aliphatic hydroxyl groups excluding tert-OH is 1. The van der Waals surface area contributed by atoms with Crippen LogP contribution >= 0.6 is 0 Å². The lowest BCUT2D eigenvalue weighted by atomic mass is 9.94. The molecule has 0 spiro atoms. The average Bonchev–Trinajstić information content (AvgIpc) is 3.11. The van der Waals surface area contributed by atoms with E-state index >= 15 is 0 Å². The van der Waals surface area contributed by atoms with Crippen molar-refractivity contribution in [3.05, 3.63) is 101 Å². The van der Waals surface area contributed by atoms with E-state index in [0.29, 0.717) is 30.3 Å². The molecule has 7 heteroatoms. The maximum atomic E-state index is 13.5. The normalized spacial score (nSPS) is 17.0. The molecule has 3 aromatic carbocycles. The monoisotopic (exact) mass is 475 g/mol. The largest absolute Gasteiger partial charge is 0.507 e. The van der Waals surface area contributed by atoms with E-state index in [1.165, 1.54) is 29.2 Å². The molecule has 1 aliphatic heterocycles. The summed E-state index contributed by atoms with van der Waals surface area (Å²) >= 11 is 0. The number of ketones is 1. The number of ether oxygens (including phenoxy) is 2. The second-order valence-corrected chi connectivity index (χ2v) is 7.99. The number of hydrogen-bond acceptors (Lipinski definition) is 5. The molecule has 6 nitrogen and oxygen atoms in total. The van der Waals surface area contributed by atoms with Crippen LogP contribution in [-0.4, -0.2) is 34.9 Å². The zero-order valence-electron chi connectivity index (χ0n) is 19.5. The Morgan fingerprint density at radius 3 is 2.23 bits per heavy atom. The van der Waals surface area contributed by atoms with Gasteiger partial charge in [-0.2, -0.15) is 0 Å². The van der Waals surface area contributed by atoms with E-state index in [2.05, 4.69) is 0 Å². The van der Waals surface area contributed by atoms with Crippen molar-refractivity contribution in [2.75, 3.05) is 13.2 Å². The van der Waals surface area contributed by atoms with Gasteiger partial charge >= 0.3 is 0 Å². The minimum Gasteiger partial charge on any atom is -0.507 e. The number of aliphatic hydroxyl groups is 1. The Bertz CT molecular complexity index is 1250. The minimum atomic E-state index is -0.879. The molecule has 4 rings (SSSR count). The van der Waals surface area contributed by atoms with Crippen molar-refractivity contribution in [2.24, 2.45) is 0 Å². The highest BCUT2D eigenvalue weighted by Crippen LogP contribution is 2.42. The van der Waals surface area contributed by atoms with Gasteiger partial charge in [0.2, 0.25) is 0 Å². The molecule has 3 aromatic rings. The number of rotatable bonds is 8. The molecule has 1 saturated heterocycles. The van der Waals surface area contributed by atoms with E-state index < -0.39 is 23.5 Å². The van der Waals surface area contributed by atoms with Crippen LogP contribution in [0.1, 0.15) is 36.6 Å². The van der Waals surface area contributed by atoms with Gasteiger partial charge in [-0.15, -0.1) is 0 Å². The number of benzene rings is 3. The molecule has 0 saturated carbocycles. The third-order valence-corrected chi connectivity index (χ3v) is 5.74. The smallest absolute Gasteiger partial charge is 0.295 e. The van der Waals surface area contributed by atoms with E-state index in [4.69, 9.17) is 9.47 Å². The molecule has 1 heterocycles. The molecule has 1 aliphatic rings. The van der Waals surface area contributed by atoms with Crippen molar-refractivity contribution in [3.8, 4) is 11.5 Å². The first-order valence-electron chi connectivity index (χ1n) is 11.4. The number of hydrogen-bond donors (Lipinski definition) is 1. The van der Waals surface area contributed by atoms with Gasteiger partial charge in [0, 0.05) is 12.1 Å². The number of carbonyl (C=O) groups is 2. The van der Waals surface area contributed by atoms with Crippen molar-refractivity contribution in [1.29, 1.82) is 0 Å². The molecule has 180 valence electrons. The van der Waals surface area contributed by atoms with Crippen LogP contribution in [0.25, 0.3) is 5.76 Å². The highest BCUT2D eigenvalue weighted by molar-refractivity contribution is 6.46. The van der Waals surface area contributed by atoms with Crippen molar-refractivity contribution in [1.82, 2.24) is 4.90 Å². The molecule has 1 N–H and O–H groups in total. The Morgan fingerprint density at radius 1 is 0.914 bits per heavy atom. The van der Waals surface area contributed by atoms with Gasteiger partial charge in [-0.3, -0.25) is 9.59 Å². The molecule has 0 aromatic heterocycles. The predicted molar refractivity (Wildman–Crippen MR) is 129 cm³/mol. The standard InChI is InChI=1S/C28H26FNO5/c1-3-34-22-15-12-20(16-23(22)35-4-2)25-24(26(31)19-10-13-21(29)14-11-19)27(32)28(33)30(25)17-18-8-6-5-7-9-18/h5-16,25,31H,3-4,17H2,1-2H3. The van der Waals surface area contributed by atoms with Crippen LogP contribution in [0.5, 0.6) is 11.5 Å². The van der Waals surface area contributed by atoms with Crippen molar-refractivity contribution < 1.29 is 28.6 Å². The minimum absolute atomic E-state index is 0.0656. The lowest BCUT2D eigenvalue weighted by Gasteiger charge is -2.26. The maximum Gasteiger partial charge on any atom is 0.295 e.